The third kappa shape index (κ3) is 5.96. The van der Waals surface area contributed by atoms with E-state index in [4.69, 9.17) is 23.1 Å². The van der Waals surface area contributed by atoms with Gasteiger partial charge in [-0.3, -0.25) is 4.79 Å². The fraction of sp³-hybridized carbons (Fsp3) is 0. The molecule has 0 saturated carbocycles. The van der Waals surface area contributed by atoms with Crippen molar-refractivity contribution in [1.29, 1.82) is 0 Å². The summed E-state index contributed by atoms with van der Waals surface area (Å²) in [5.41, 5.74) is 2.08. The van der Waals surface area contributed by atoms with Gasteiger partial charge in [-0.1, -0.05) is 60.7 Å². The number of benzene rings is 2. The lowest BCUT2D eigenvalue weighted by Gasteiger charge is -2.17. The van der Waals surface area contributed by atoms with E-state index in [1.807, 2.05) is 60.7 Å². The summed E-state index contributed by atoms with van der Waals surface area (Å²) in [6.45, 7) is 0. The lowest BCUT2D eigenvalue weighted by atomic mass is 10.1. The van der Waals surface area contributed by atoms with Crippen molar-refractivity contribution in [2.24, 2.45) is 0 Å². The molecule has 3 rings (SSSR count). The molecule has 7 heteroatoms. The second-order valence-electron chi connectivity index (χ2n) is 4.65. The maximum Gasteiger partial charge on any atom is 0.347 e. The minimum Gasteiger partial charge on any atom is -0.455 e. The fourth-order valence-electron chi connectivity index (χ4n) is 1.98. The third-order valence-corrected chi connectivity index (χ3v) is 2.89. The van der Waals surface area contributed by atoms with Crippen molar-refractivity contribution in [2.45, 2.75) is 0 Å². The van der Waals surface area contributed by atoms with Gasteiger partial charge < -0.3 is 4.42 Å². The van der Waals surface area contributed by atoms with Crippen molar-refractivity contribution in [2.75, 3.05) is 0 Å². The number of hydrogen-bond acceptors (Lipinski definition) is 5. The zero-order valence-electron chi connectivity index (χ0n) is 12.3. The monoisotopic (exact) mass is 348 g/mol. The van der Waals surface area contributed by atoms with E-state index in [0.29, 0.717) is 11.5 Å². The Labute approximate surface area is 139 Å². The second kappa shape index (κ2) is 7.87. The zero-order valence-corrected chi connectivity index (χ0v) is 13.1. The molecule has 0 spiro atoms. The van der Waals surface area contributed by atoms with Gasteiger partial charge in [-0.25, -0.2) is 18.6 Å². The van der Waals surface area contributed by atoms with Gasteiger partial charge in [-0.2, -0.15) is 0 Å². The van der Waals surface area contributed by atoms with E-state index < -0.39 is 10.2 Å². The molecule has 0 bridgehead atoms. The van der Waals surface area contributed by atoms with Crippen LogP contribution in [0.3, 0.4) is 0 Å². The standard InChI is InChI=1S/C17H12O2.ClHO4/c18-15-11-16(13-7-3-1-4-8-13)19-17(12-15)14-9-5-2-6-10-14;2-1(3,4)5/h1-12H;(H,2,3,4,5). The molecule has 1 heterocycles. The Morgan fingerprint density at radius 3 is 1.33 bits per heavy atom. The summed E-state index contributed by atoms with van der Waals surface area (Å²) in [4.78, 5) is 9.86. The number of halogens is 1. The van der Waals surface area contributed by atoms with Crippen molar-refractivity contribution in [1.82, 2.24) is 0 Å². The first kappa shape index (κ1) is 17.9. The highest BCUT2D eigenvalue weighted by molar-refractivity contribution is 5.62. The second-order valence-corrected chi connectivity index (χ2v) is 5.41. The highest BCUT2D eigenvalue weighted by Crippen LogP contribution is 2.24. The van der Waals surface area contributed by atoms with Crippen LogP contribution in [0.25, 0.3) is 22.6 Å². The highest BCUT2D eigenvalue weighted by atomic mass is 35.7. The predicted octanol–water partition coefficient (Wildman–Crippen LogP) is -1.14. The summed E-state index contributed by atoms with van der Waals surface area (Å²) in [5, 5.41) is 0. The molecule has 0 aliphatic heterocycles. The summed E-state index contributed by atoms with van der Waals surface area (Å²) >= 11 is 0. The van der Waals surface area contributed by atoms with E-state index >= 15 is 0 Å². The van der Waals surface area contributed by atoms with Crippen molar-refractivity contribution in [3.63, 3.8) is 0 Å². The smallest absolute Gasteiger partial charge is 0.347 e. The Morgan fingerprint density at radius 2 is 1.00 bits per heavy atom. The molecular weight excluding hydrogens is 336 g/mol. The van der Waals surface area contributed by atoms with Crippen LogP contribution in [-0.2, 0) is 0 Å². The van der Waals surface area contributed by atoms with Crippen LogP contribution in [0.5, 0.6) is 0 Å². The van der Waals surface area contributed by atoms with Crippen LogP contribution in [0.4, 0.5) is 0 Å². The van der Waals surface area contributed by atoms with Gasteiger partial charge in [0.15, 0.2) is 0 Å². The lowest BCUT2D eigenvalue weighted by molar-refractivity contribution is -2.00. The van der Waals surface area contributed by atoms with Crippen LogP contribution in [0.15, 0.2) is 77.2 Å². The summed E-state index contributed by atoms with van der Waals surface area (Å²) in [7, 11) is -4.94. The molecular formula is C17H13ClO6. The van der Waals surface area contributed by atoms with Gasteiger partial charge in [0.1, 0.15) is 11.5 Å². The van der Waals surface area contributed by atoms with Gasteiger partial charge in [-0.05, 0) is 0 Å². The average Bonchev–Trinajstić information content (AvgIpc) is 2.54. The van der Waals surface area contributed by atoms with Gasteiger partial charge in [0.05, 0.1) is 12.1 Å². The summed E-state index contributed by atoms with van der Waals surface area (Å²) in [6, 6.07) is 22.7. The van der Waals surface area contributed by atoms with Crippen molar-refractivity contribution >= 4 is 0 Å². The van der Waals surface area contributed by atoms with Crippen LogP contribution in [-0.4, -0.2) is 4.79 Å². The number of hydrogen-bond donors (Lipinski definition) is 0. The first-order valence-electron chi connectivity index (χ1n) is 6.73. The Hall–Kier alpha value is -2.48. The molecule has 1 N–H and O–H groups in total. The molecule has 0 fully saturated rings. The van der Waals surface area contributed by atoms with Gasteiger partial charge in [-0.15, -0.1) is 10.2 Å². The zero-order chi connectivity index (χ0) is 17.6. The maximum atomic E-state index is 9.86. The minimum atomic E-state index is -4.94. The fourth-order valence-corrected chi connectivity index (χ4v) is 1.98. The molecule has 0 aliphatic carbocycles. The Bertz CT molecular complexity index is 758. The van der Waals surface area contributed by atoms with Crippen molar-refractivity contribution in [3.05, 3.63) is 78.2 Å². The van der Waals surface area contributed by atoms with Gasteiger partial charge in [0.25, 0.3) is 0 Å². The quantitative estimate of drug-likeness (QED) is 0.541. The Balaban J connectivity index is 0.000000368. The molecule has 0 radical (unpaired) electrons. The molecule has 0 saturated heterocycles. The summed E-state index contributed by atoms with van der Waals surface area (Å²) in [5.74, 6) is 1.30. The van der Waals surface area contributed by atoms with E-state index in [1.54, 1.807) is 12.1 Å². The average molecular weight is 349 g/mol. The van der Waals surface area contributed by atoms with E-state index in [1.165, 1.54) is 0 Å². The molecule has 0 amide bonds. The molecule has 24 heavy (non-hydrogen) atoms. The van der Waals surface area contributed by atoms with Gasteiger partial charge in [0, 0.05) is 11.1 Å². The maximum absolute atomic E-state index is 9.86. The Morgan fingerprint density at radius 1 is 0.667 bits per heavy atom. The van der Waals surface area contributed by atoms with Crippen LogP contribution in [0, 0.1) is 10.2 Å². The van der Waals surface area contributed by atoms with Crippen molar-refractivity contribution < 1.29 is 38.1 Å². The largest absolute Gasteiger partial charge is 0.455 e. The lowest BCUT2D eigenvalue weighted by Crippen LogP contribution is -2.68. The van der Waals surface area contributed by atoms with E-state index in [0.717, 1.165) is 11.1 Å². The highest BCUT2D eigenvalue weighted by Gasteiger charge is 2.08. The third-order valence-electron chi connectivity index (χ3n) is 2.89. The van der Waals surface area contributed by atoms with Crippen LogP contribution in [0.1, 0.15) is 0 Å². The summed E-state index contributed by atoms with van der Waals surface area (Å²) < 4.78 is 39.8. The molecule has 0 atom stereocenters. The molecule has 6 nitrogen and oxygen atoms in total. The summed E-state index contributed by atoms with van der Waals surface area (Å²) in [6.07, 6.45) is 0. The molecule has 2 aromatic carbocycles. The van der Waals surface area contributed by atoms with Gasteiger partial charge in [0.2, 0.25) is 0 Å². The van der Waals surface area contributed by atoms with Crippen LogP contribution >= 0.6 is 0 Å². The van der Waals surface area contributed by atoms with Gasteiger partial charge >= 0.3 is 5.43 Å². The molecule has 3 aromatic rings. The molecule has 1 aromatic heterocycles. The van der Waals surface area contributed by atoms with E-state index in [-0.39, 0.29) is 5.43 Å². The van der Waals surface area contributed by atoms with Crippen LogP contribution < -0.4 is 24.1 Å². The first-order chi connectivity index (χ1) is 11.3. The Kier molecular flexibility index (Phi) is 5.86. The first-order valence-corrected chi connectivity index (χ1v) is 7.96. The molecule has 0 unspecified atom stereocenters. The molecule has 124 valence electrons. The predicted molar refractivity (Wildman–Crippen MR) is 74.7 cm³/mol. The minimum absolute atomic E-state index is 0.198. The SMILES string of the molecule is [O-][Cl+3]([O-])([O-])[O-].[OH+]=c1cc(-c2ccccc2)oc(-c2ccccc2)c1. The number of rotatable bonds is 2. The normalized spacial score (nSPS) is 10.7. The molecule has 0 aliphatic rings. The van der Waals surface area contributed by atoms with Crippen LogP contribution in [0.2, 0.25) is 0 Å². The van der Waals surface area contributed by atoms with Crippen molar-refractivity contribution in [3.8, 4) is 22.6 Å². The van der Waals surface area contributed by atoms with E-state index in [9.17, 15) is 4.79 Å². The topological polar surface area (TPSA) is 127 Å². The van der Waals surface area contributed by atoms with E-state index in [2.05, 4.69) is 0 Å².